The SMILES string of the molecule is CCOS(=O)(=O)c1cccc2ccncc12. The summed E-state index contributed by atoms with van der Waals surface area (Å²) >= 11 is 0. The predicted molar refractivity (Wildman–Crippen MR) is 60.6 cm³/mol. The van der Waals surface area contributed by atoms with E-state index in [1.807, 2.05) is 6.07 Å². The second-order valence-electron chi connectivity index (χ2n) is 3.21. The molecular formula is C11H11NO3S. The van der Waals surface area contributed by atoms with Gasteiger partial charge in [-0.15, -0.1) is 0 Å². The molecule has 2 aromatic rings. The van der Waals surface area contributed by atoms with Crippen molar-refractivity contribution in [3.05, 3.63) is 36.7 Å². The molecule has 0 atom stereocenters. The van der Waals surface area contributed by atoms with Gasteiger partial charge in [0.1, 0.15) is 4.90 Å². The molecule has 0 radical (unpaired) electrons. The van der Waals surface area contributed by atoms with Crippen molar-refractivity contribution in [3.63, 3.8) is 0 Å². The fourth-order valence-electron chi connectivity index (χ4n) is 1.52. The zero-order valence-corrected chi connectivity index (χ0v) is 9.57. The van der Waals surface area contributed by atoms with Gasteiger partial charge in [-0.1, -0.05) is 12.1 Å². The van der Waals surface area contributed by atoms with Gasteiger partial charge in [-0.2, -0.15) is 8.42 Å². The fraction of sp³-hybridized carbons (Fsp3) is 0.182. The van der Waals surface area contributed by atoms with Crippen molar-refractivity contribution in [1.82, 2.24) is 4.98 Å². The van der Waals surface area contributed by atoms with E-state index in [-0.39, 0.29) is 11.5 Å². The molecule has 0 N–H and O–H groups in total. The normalized spacial score (nSPS) is 11.8. The van der Waals surface area contributed by atoms with Crippen molar-refractivity contribution in [3.8, 4) is 0 Å². The molecule has 5 heteroatoms. The van der Waals surface area contributed by atoms with Crippen molar-refractivity contribution in [2.45, 2.75) is 11.8 Å². The first-order chi connectivity index (χ1) is 7.65. The lowest BCUT2D eigenvalue weighted by atomic mass is 10.2. The Morgan fingerprint density at radius 3 is 2.88 bits per heavy atom. The van der Waals surface area contributed by atoms with E-state index in [9.17, 15) is 8.42 Å². The molecule has 0 spiro atoms. The monoisotopic (exact) mass is 237 g/mol. The van der Waals surface area contributed by atoms with E-state index < -0.39 is 10.1 Å². The van der Waals surface area contributed by atoms with Crippen LogP contribution < -0.4 is 0 Å². The van der Waals surface area contributed by atoms with Crippen LogP contribution in [0.2, 0.25) is 0 Å². The molecule has 0 aliphatic heterocycles. The summed E-state index contributed by atoms with van der Waals surface area (Å²) < 4.78 is 28.4. The van der Waals surface area contributed by atoms with Crippen LogP contribution >= 0.6 is 0 Å². The lowest BCUT2D eigenvalue weighted by Crippen LogP contribution is -2.06. The number of benzene rings is 1. The summed E-state index contributed by atoms with van der Waals surface area (Å²) in [6.07, 6.45) is 3.15. The van der Waals surface area contributed by atoms with Gasteiger partial charge >= 0.3 is 0 Å². The third-order valence-electron chi connectivity index (χ3n) is 2.19. The van der Waals surface area contributed by atoms with Gasteiger partial charge in [0.25, 0.3) is 10.1 Å². The van der Waals surface area contributed by atoms with Crippen molar-refractivity contribution in [2.75, 3.05) is 6.61 Å². The third-order valence-corrected chi connectivity index (χ3v) is 3.63. The molecule has 0 amide bonds. The maximum absolute atomic E-state index is 11.8. The molecule has 1 aromatic heterocycles. The van der Waals surface area contributed by atoms with Crippen LogP contribution in [0.5, 0.6) is 0 Å². The summed E-state index contributed by atoms with van der Waals surface area (Å²) in [4.78, 5) is 4.09. The van der Waals surface area contributed by atoms with E-state index in [1.165, 1.54) is 12.3 Å². The smallest absolute Gasteiger partial charge is 0.267 e. The Morgan fingerprint density at radius 1 is 1.31 bits per heavy atom. The number of hydrogen-bond acceptors (Lipinski definition) is 4. The van der Waals surface area contributed by atoms with Crippen LogP contribution in [0.3, 0.4) is 0 Å². The van der Waals surface area contributed by atoms with E-state index in [0.717, 1.165) is 5.39 Å². The Hall–Kier alpha value is -1.46. The molecule has 1 aromatic carbocycles. The van der Waals surface area contributed by atoms with Crippen molar-refractivity contribution in [2.24, 2.45) is 0 Å². The highest BCUT2D eigenvalue weighted by Gasteiger charge is 2.17. The van der Waals surface area contributed by atoms with Crippen molar-refractivity contribution in [1.29, 1.82) is 0 Å². The van der Waals surface area contributed by atoms with Crippen LogP contribution in [0.4, 0.5) is 0 Å². The second kappa shape index (κ2) is 4.19. The van der Waals surface area contributed by atoms with Gasteiger partial charge in [0.05, 0.1) is 6.61 Å². The number of hydrogen-bond donors (Lipinski definition) is 0. The molecule has 0 aliphatic carbocycles. The summed E-state index contributed by atoms with van der Waals surface area (Å²) in [5.74, 6) is 0. The fourth-order valence-corrected chi connectivity index (χ4v) is 2.64. The van der Waals surface area contributed by atoms with Gasteiger partial charge < -0.3 is 0 Å². The van der Waals surface area contributed by atoms with Crippen LogP contribution in [-0.4, -0.2) is 20.0 Å². The summed E-state index contributed by atoms with van der Waals surface area (Å²) in [6.45, 7) is 1.76. The van der Waals surface area contributed by atoms with Gasteiger partial charge in [0.15, 0.2) is 0 Å². The molecule has 0 saturated carbocycles. The summed E-state index contributed by atoms with van der Waals surface area (Å²) in [5, 5.41) is 1.41. The number of fused-ring (bicyclic) bond motifs is 1. The lowest BCUT2D eigenvalue weighted by molar-refractivity contribution is 0.338. The van der Waals surface area contributed by atoms with Crippen LogP contribution in [0.1, 0.15) is 6.92 Å². The van der Waals surface area contributed by atoms with E-state index in [4.69, 9.17) is 4.18 Å². The van der Waals surface area contributed by atoms with Crippen LogP contribution in [0.15, 0.2) is 41.6 Å². The minimum atomic E-state index is -3.68. The Kier molecular flexibility index (Phi) is 2.89. The highest BCUT2D eigenvalue weighted by molar-refractivity contribution is 7.87. The van der Waals surface area contributed by atoms with Crippen LogP contribution in [-0.2, 0) is 14.3 Å². The first kappa shape index (κ1) is 11.0. The molecule has 0 saturated heterocycles. The first-order valence-corrected chi connectivity index (χ1v) is 6.28. The van der Waals surface area contributed by atoms with Crippen LogP contribution in [0.25, 0.3) is 10.8 Å². The molecule has 84 valence electrons. The van der Waals surface area contributed by atoms with Gasteiger partial charge in [0, 0.05) is 17.8 Å². The predicted octanol–water partition coefficient (Wildman–Crippen LogP) is 1.96. The largest absolute Gasteiger partial charge is 0.297 e. The lowest BCUT2D eigenvalue weighted by Gasteiger charge is -2.06. The minimum absolute atomic E-state index is 0.124. The molecule has 2 rings (SSSR count). The standard InChI is InChI=1S/C11H11NO3S/c1-2-15-16(13,14)11-5-3-4-9-6-7-12-8-10(9)11/h3-8H,2H2,1H3. The molecular weight excluding hydrogens is 226 g/mol. The molecule has 4 nitrogen and oxygen atoms in total. The molecule has 0 aliphatic rings. The number of rotatable bonds is 3. The Labute approximate surface area is 94.0 Å². The van der Waals surface area contributed by atoms with E-state index in [0.29, 0.717) is 5.39 Å². The van der Waals surface area contributed by atoms with Crippen molar-refractivity contribution < 1.29 is 12.6 Å². The minimum Gasteiger partial charge on any atom is -0.267 e. The Bertz CT molecular complexity index is 602. The van der Waals surface area contributed by atoms with Gasteiger partial charge in [-0.05, 0) is 24.4 Å². The van der Waals surface area contributed by atoms with Gasteiger partial charge in [0.2, 0.25) is 0 Å². The van der Waals surface area contributed by atoms with Crippen molar-refractivity contribution >= 4 is 20.9 Å². The molecule has 0 bridgehead atoms. The maximum atomic E-state index is 11.8. The van der Waals surface area contributed by atoms with E-state index in [2.05, 4.69) is 4.98 Å². The van der Waals surface area contributed by atoms with Crippen LogP contribution in [0, 0.1) is 0 Å². The third kappa shape index (κ3) is 1.91. The molecule has 16 heavy (non-hydrogen) atoms. The molecule has 0 unspecified atom stereocenters. The summed E-state index contributed by atoms with van der Waals surface area (Å²) in [5.41, 5.74) is 0. The zero-order valence-electron chi connectivity index (χ0n) is 8.75. The number of pyridine rings is 1. The number of nitrogens with zero attached hydrogens (tertiary/aromatic N) is 1. The summed E-state index contributed by atoms with van der Waals surface area (Å²) in [6, 6.07) is 6.81. The average molecular weight is 237 g/mol. The molecule has 0 fully saturated rings. The first-order valence-electron chi connectivity index (χ1n) is 4.87. The van der Waals surface area contributed by atoms with Gasteiger partial charge in [-0.25, -0.2) is 0 Å². The second-order valence-corrected chi connectivity index (χ2v) is 4.80. The average Bonchev–Trinajstić information content (AvgIpc) is 2.28. The highest BCUT2D eigenvalue weighted by atomic mass is 32.2. The Morgan fingerprint density at radius 2 is 2.12 bits per heavy atom. The zero-order chi connectivity index (χ0) is 11.6. The topological polar surface area (TPSA) is 56.3 Å². The van der Waals surface area contributed by atoms with E-state index >= 15 is 0 Å². The number of aromatic nitrogens is 1. The molecule has 1 heterocycles. The Balaban J connectivity index is 2.70. The quantitative estimate of drug-likeness (QED) is 0.766. The maximum Gasteiger partial charge on any atom is 0.297 e. The summed E-state index contributed by atoms with van der Waals surface area (Å²) in [7, 11) is -3.68. The highest BCUT2D eigenvalue weighted by Crippen LogP contribution is 2.23. The van der Waals surface area contributed by atoms with Gasteiger partial charge in [-0.3, -0.25) is 9.17 Å². The van der Waals surface area contributed by atoms with E-state index in [1.54, 1.807) is 25.3 Å².